The van der Waals surface area contributed by atoms with Crippen molar-refractivity contribution >= 4 is 38.4 Å². The quantitative estimate of drug-likeness (QED) is 0.196. The fourth-order valence-corrected chi connectivity index (χ4v) is 7.23. The van der Waals surface area contributed by atoms with Gasteiger partial charge in [-0.3, -0.25) is 33.9 Å². The van der Waals surface area contributed by atoms with Gasteiger partial charge in [0.1, 0.15) is 41.7 Å². The number of carbonyl (C=O) groups is 3. The van der Waals surface area contributed by atoms with Gasteiger partial charge in [-0.05, 0) is 19.4 Å². The molecule has 7 heterocycles. The van der Waals surface area contributed by atoms with Gasteiger partial charge in [-0.1, -0.05) is 0 Å². The smallest absolute Gasteiger partial charge is 0.394 e. The number of nitrogens with zero attached hydrogens (tertiary/aromatic N) is 3. The predicted octanol–water partition coefficient (Wildman–Crippen LogP) is -0.954. The highest BCUT2D eigenvalue weighted by Gasteiger charge is 2.66. The van der Waals surface area contributed by atoms with Gasteiger partial charge in [-0.2, -0.15) is 12.6 Å². The molecule has 5 fully saturated rings. The number of hydrogen-bond acceptors (Lipinski definition) is 11. The van der Waals surface area contributed by atoms with Gasteiger partial charge in [0.15, 0.2) is 0 Å². The Labute approximate surface area is 216 Å². The molecular formula is C20H27N4O11PS. The van der Waals surface area contributed by atoms with Crippen LogP contribution >= 0.6 is 20.5 Å². The third-order valence-corrected chi connectivity index (χ3v) is 9.29. The lowest BCUT2D eigenvalue weighted by Crippen LogP contribution is -2.80. The lowest BCUT2D eigenvalue weighted by molar-refractivity contribution is -0.139. The van der Waals surface area contributed by atoms with Gasteiger partial charge in [-0.15, -0.1) is 0 Å². The molecule has 0 spiro atoms. The molecule has 0 aromatic heterocycles. The molecule has 7 aliphatic rings. The molecule has 0 radical (unpaired) electrons. The molecule has 5 saturated heterocycles. The Hall–Kier alpha value is -1.75. The number of phosphoric acid groups is 1. The van der Waals surface area contributed by atoms with E-state index in [9.17, 15) is 34.1 Å². The van der Waals surface area contributed by atoms with Crippen molar-refractivity contribution in [3.05, 3.63) is 11.3 Å². The lowest BCUT2D eigenvalue weighted by atomic mass is 9.82. The van der Waals surface area contributed by atoms with Crippen molar-refractivity contribution in [2.75, 3.05) is 13.2 Å². The van der Waals surface area contributed by atoms with Crippen LogP contribution in [0.1, 0.15) is 26.7 Å². The minimum atomic E-state index is -4.72. The molecule has 5 amide bonds. The molecule has 4 N–H and O–H groups in total. The van der Waals surface area contributed by atoms with Crippen LogP contribution < -0.4 is 5.32 Å². The van der Waals surface area contributed by atoms with Gasteiger partial charge in [-0.25, -0.2) is 14.2 Å². The van der Waals surface area contributed by atoms with Crippen molar-refractivity contribution < 1.29 is 52.6 Å². The van der Waals surface area contributed by atoms with Crippen LogP contribution in [-0.4, -0.2) is 115 Å². The van der Waals surface area contributed by atoms with E-state index in [0.717, 1.165) is 0 Å². The van der Waals surface area contributed by atoms with E-state index in [1.165, 1.54) is 21.6 Å². The van der Waals surface area contributed by atoms with Crippen molar-refractivity contribution in [3.63, 3.8) is 0 Å². The average Bonchev–Trinajstić information content (AvgIpc) is 3.37. The molecule has 7 rings (SSSR count). The van der Waals surface area contributed by atoms with Crippen LogP contribution in [0.5, 0.6) is 0 Å². The van der Waals surface area contributed by atoms with E-state index >= 15 is 0 Å². The van der Waals surface area contributed by atoms with Crippen LogP contribution in [0.4, 0.5) is 9.59 Å². The lowest BCUT2D eigenvalue weighted by Gasteiger charge is -2.63. The second kappa shape index (κ2) is 8.37. The van der Waals surface area contributed by atoms with Gasteiger partial charge in [0.2, 0.25) is 5.91 Å². The summed E-state index contributed by atoms with van der Waals surface area (Å²) in [5.74, 6) is -0.673. The van der Waals surface area contributed by atoms with Crippen LogP contribution in [0.3, 0.4) is 0 Å². The standard InChI is InChI=1S/C20H27N4O11PS/c1-7-14-15-20(2,37)17(27)21-18(28)22(15)13-4-9(10(5-25)33-13)35-36(30,31)32-6-11-8(26)3-12(34-11)23-16(7)24(14)19(23)29/h8-13,15-16,25-26,37H,3-6H2,1-2H3,(H,30,31)(H,21,27,28)/t8-,9-,10+,11+,12+,13+,15?,16-,20+/m0/s1. The number of rotatable bonds is 1. The van der Waals surface area contributed by atoms with Crippen molar-refractivity contribution in [1.29, 1.82) is 0 Å². The molecule has 17 heteroatoms. The Morgan fingerprint density at radius 2 is 1.86 bits per heavy atom. The van der Waals surface area contributed by atoms with E-state index in [1.54, 1.807) is 6.92 Å². The SMILES string of the molecule is CC1=C2C3N(C(=O)NC(=O)[C@]3(C)S)[C@H]3C[C@H](OP(=O)(O)OC[C@H]4O[C@H](C[C@@H]4O)N4C(=O)N2[C@@H]14)[C@@H](CO)O3. The number of urea groups is 2. The summed E-state index contributed by atoms with van der Waals surface area (Å²) in [6.07, 6.45) is -6.89. The minimum absolute atomic E-state index is 0.0508. The Kier molecular flexibility index (Phi) is 5.78. The number of imide groups is 1. The van der Waals surface area contributed by atoms with Crippen LogP contribution in [-0.2, 0) is 27.9 Å². The molecule has 8 bridgehead atoms. The Bertz CT molecular complexity index is 1150. The van der Waals surface area contributed by atoms with Crippen molar-refractivity contribution in [2.45, 2.75) is 80.5 Å². The number of nitrogens with one attached hydrogen (secondary N) is 1. The molecule has 37 heavy (non-hydrogen) atoms. The summed E-state index contributed by atoms with van der Waals surface area (Å²) in [6, 6.07) is -2.32. The number of amides is 5. The molecule has 2 unspecified atom stereocenters. The highest BCUT2D eigenvalue weighted by molar-refractivity contribution is 7.82. The largest absolute Gasteiger partial charge is 0.472 e. The highest BCUT2D eigenvalue weighted by atomic mass is 32.1. The molecule has 0 aromatic carbocycles. The predicted molar refractivity (Wildman–Crippen MR) is 122 cm³/mol. The topological polar surface area (TPSA) is 188 Å². The number of aliphatic hydroxyl groups excluding tert-OH is 2. The first-order valence-electron chi connectivity index (χ1n) is 11.8. The molecular weight excluding hydrogens is 535 g/mol. The summed E-state index contributed by atoms with van der Waals surface area (Å²) in [5.41, 5.74) is 1.10. The Balaban J connectivity index is 1.44. The van der Waals surface area contributed by atoms with Gasteiger partial charge in [0.25, 0.3) is 0 Å². The van der Waals surface area contributed by atoms with Gasteiger partial charge in [0, 0.05) is 12.8 Å². The van der Waals surface area contributed by atoms with E-state index in [2.05, 4.69) is 17.9 Å². The molecule has 0 aliphatic carbocycles. The zero-order chi connectivity index (χ0) is 26.6. The number of fused-ring (bicyclic) bond motifs is 3. The number of ether oxygens (including phenoxy) is 2. The second-order valence-electron chi connectivity index (χ2n) is 10.1. The minimum Gasteiger partial charge on any atom is -0.394 e. The monoisotopic (exact) mass is 562 g/mol. The van der Waals surface area contributed by atoms with Gasteiger partial charge >= 0.3 is 19.9 Å². The Morgan fingerprint density at radius 3 is 2.57 bits per heavy atom. The van der Waals surface area contributed by atoms with E-state index in [-0.39, 0.29) is 12.8 Å². The summed E-state index contributed by atoms with van der Waals surface area (Å²) in [6.45, 7) is 2.18. The van der Waals surface area contributed by atoms with E-state index in [0.29, 0.717) is 11.3 Å². The maximum absolute atomic E-state index is 13.3. The number of phosphoric ester groups is 1. The van der Waals surface area contributed by atoms with Crippen LogP contribution in [0, 0.1) is 0 Å². The Morgan fingerprint density at radius 1 is 1.16 bits per heavy atom. The summed E-state index contributed by atoms with van der Waals surface area (Å²) >= 11 is 4.58. The van der Waals surface area contributed by atoms with Crippen LogP contribution in [0.2, 0.25) is 0 Å². The highest BCUT2D eigenvalue weighted by Crippen LogP contribution is 2.53. The number of carbonyl (C=O) groups excluding carboxylic acids is 3. The maximum Gasteiger partial charge on any atom is 0.472 e. The van der Waals surface area contributed by atoms with E-state index < -0.39 is 92.8 Å². The van der Waals surface area contributed by atoms with Crippen molar-refractivity contribution in [3.8, 4) is 0 Å². The summed E-state index contributed by atoms with van der Waals surface area (Å²) in [5, 5.41) is 22.6. The molecule has 10 atom stereocenters. The van der Waals surface area contributed by atoms with E-state index in [1.807, 2.05) is 0 Å². The third kappa shape index (κ3) is 3.62. The summed E-state index contributed by atoms with van der Waals surface area (Å²) in [4.78, 5) is 53.7. The normalized spacial score (nSPS) is 47.5. The first-order chi connectivity index (χ1) is 17.4. The van der Waals surface area contributed by atoms with Crippen LogP contribution in [0.15, 0.2) is 11.3 Å². The second-order valence-corrected chi connectivity index (χ2v) is 12.4. The number of thiol groups is 1. The van der Waals surface area contributed by atoms with Crippen LogP contribution in [0.25, 0.3) is 0 Å². The molecule has 15 nitrogen and oxygen atoms in total. The zero-order valence-corrected chi connectivity index (χ0v) is 21.6. The fraction of sp³-hybridized carbons (Fsp3) is 0.750. The zero-order valence-electron chi connectivity index (χ0n) is 19.8. The molecule has 0 saturated carbocycles. The number of hydrogen-bond donors (Lipinski definition) is 5. The third-order valence-electron chi connectivity index (χ3n) is 7.83. The maximum atomic E-state index is 13.3. The number of aliphatic hydroxyl groups is 2. The first-order valence-corrected chi connectivity index (χ1v) is 13.7. The van der Waals surface area contributed by atoms with Crippen molar-refractivity contribution in [2.24, 2.45) is 0 Å². The summed E-state index contributed by atoms with van der Waals surface area (Å²) < 4.78 is 33.2. The van der Waals surface area contributed by atoms with Crippen molar-refractivity contribution in [1.82, 2.24) is 20.0 Å². The van der Waals surface area contributed by atoms with E-state index in [4.69, 9.17) is 18.5 Å². The molecule has 204 valence electrons. The van der Waals surface area contributed by atoms with Gasteiger partial charge < -0.3 is 24.6 Å². The average molecular weight is 562 g/mol. The van der Waals surface area contributed by atoms with Gasteiger partial charge in [0.05, 0.1) is 31.1 Å². The molecule has 0 aromatic rings. The first kappa shape index (κ1) is 25.5. The fourth-order valence-electron chi connectivity index (χ4n) is 5.97. The summed E-state index contributed by atoms with van der Waals surface area (Å²) in [7, 11) is -4.72. The molecule has 7 aliphatic heterocycles.